The number of fused-ring (bicyclic) bond motifs is 1. The molecule has 0 atom stereocenters. The first kappa shape index (κ1) is 22.8. The van der Waals surface area contributed by atoms with Crippen LogP contribution in [0, 0.1) is 17.5 Å². The standard InChI is InChI=1S/C26H27F3O3/c1-2-30-21-15-31-25(32-16-21)12-6-17-4-10-22-20(13-17)9-8-19(26(22)29)7-3-18-5-11-23(27)24(28)14-18/h4-5,8-11,13-14,21,25H,2-3,6-7,12,15-16H2,1H3. The molecule has 3 nitrogen and oxygen atoms in total. The molecular weight excluding hydrogens is 417 g/mol. The summed E-state index contributed by atoms with van der Waals surface area (Å²) in [6.45, 7) is 3.66. The maximum absolute atomic E-state index is 15.0. The van der Waals surface area contributed by atoms with Gasteiger partial charge < -0.3 is 14.2 Å². The summed E-state index contributed by atoms with van der Waals surface area (Å²) in [5.74, 6) is -2.03. The van der Waals surface area contributed by atoms with Crippen LogP contribution in [0.25, 0.3) is 10.8 Å². The summed E-state index contributed by atoms with van der Waals surface area (Å²) in [5, 5.41) is 1.39. The molecule has 0 aromatic heterocycles. The highest BCUT2D eigenvalue weighted by molar-refractivity contribution is 5.84. The Hall–Kier alpha value is -2.41. The van der Waals surface area contributed by atoms with Gasteiger partial charge in [-0.25, -0.2) is 13.2 Å². The molecule has 4 rings (SSSR count). The lowest BCUT2D eigenvalue weighted by Gasteiger charge is -2.29. The van der Waals surface area contributed by atoms with Gasteiger partial charge in [-0.15, -0.1) is 0 Å². The van der Waals surface area contributed by atoms with Crippen molar-refractivity contribution in [2.24, 2.45) is 0 Å². The molecule has 1 aliphatic rings. The predicted octanol–water partition coefficient (Wildman–Crippen LogP) is 5.75. The third-order valence-corrected chi connectivity index (χ3v) is 5.77. The van der Waals surface area contributed by atoms with Crippen molar-refractivity contribution in [3.8, 4) is 0 Å². The van der Waals surface area contributed by atoms with Crippen molar-refractivity contribution in [2.75, 3.05) is 19.8 Å². The van der Waals surface area contributed by atoms with Gasteiger partial charge in [0, 0.05) is 18.4 Å². The summed E-state index contributed by atoms with van der Waals surface area (Å²) in [6, 6.07) is 13.2. The molecular formula is C26H27F3O3. The summed E-state index contributed by atoms with van der Waals surface area (Å²) in [7, 11) is 0. The molecule has 0 amide bonds. The van der Waals surface area contributed by atoms with Crippen LogP contribution < -0.4 is 0 Å². The van der Waals surface area contributed by atoms with Gasteiger partial charge in [-0.1, -0.05) is 36.4 Å². The summed E-state index contributed by atoms with van der Waals surface area (Å²) >= 11 is 0. The monoisotopic (exact) mass is 444 g/mol. The molecule has 0 saturated carbocycles. The smallest absolute Gasteiger partial charge is 0.159 e. The SMILES string of the molecule is CCOC1COC(CCc2ccc3c(F)c(CCc4ccc(F)c(F)c4)ccc3c2)OC1. The van der Waals surface area contributed by atoms with Crippen LogP contribution in [0.1, 0.15) is 30.0 Å². The van der Waals surface area contributed by atoms with E-state index in [2.05, 4.69) is 0 Å². The van der Waals surface area contributed by atoms with Gasteiger partial charge in [-0.05, 0) is 60.4 Å². The van der Waals surface area contributed by atoms with Gasteiger partial charge in [0.15, 0.2) is 17.9 Å². The third-order valence-electron chi connectivity index (χ3n) is 5.77. The lowest BCUT2D eigenvalue weighted by Crippen LogP contribution is -2.37. The Morgan fingerprint density at radius 3 is 2.34 bits per heavy atom. The van der Waals surface area contributed by atoms with Crippen LogP contribution >= 0.6 is 0 Å². The van der Waals surface area contributed by atoms with Crippen LogP contribution in [0.2, 0.25) is 0 Å². The molecule has 1 saturated heterocycles. The molecule has 1 fully saturated rings. The van der Waals surface area contributed by atoms with E-state index in [1.54, 1.807) is 12.1 Å². The molecule has 0 bridgehead atoms. The second-order valence-corrected chi connectivity index (χ2v) is 8.05. The maximum Gasteiger partial charge on any atom is 0.159 e. The molecule has 0 aliphatic carbocycles. The predicted molar refractivity (Wildman–Crippen MR) is 117 cm³/mol. The first-order valence-electron chi connectivity index (χ1n) is 11.0. The van der Waals surface area contributed by atoms with Gasteiger partial charge in [0.05, 0.1) is 13.2 Å². The van der Waals surface area contributed by atoms with E-state index in [1.807, 2.05) is 25.1 Å². The van der Waals surface area contributed by atoms with Crippen molar-refractivity contribution < 1.29 is 27.4 Å². The van der Waals surface area contributed by atoms with Crippen molar-refractivity contribution in [1.82, 2.24) is 0 Å². The molecule has 3 aromatic carbocycles. The van der Waals surface area contributed by atoms with Gasteiger partial charge in [0.25, 0.3) is 0 Å². The number of halogens is 3. The third kappa shape index (κ3) is 5.49. The normalized spacial score (nSPS) is 18.9. The Labute approximate surface area is 186 Å². The zero-order valence-corrected chi connectivity index (χ0v) is 18.1. The number of hydrogen-bond donors (Lipinski definition) is 0. The van der Waals surface area contributed by atoms with Crippen LogP contribution in [-0.2, 0) is 33.5 Å². The maximum atomic E-state index is 15.0. The zero-order chi connectivity index (χ0) is 22.5. The van der Waals surface area contributed by atoms with Crippen molar-refractivity contribution in [2.45, 2.75) is 45.0 Å². The summed E-state index contributed by atoms with van der Waals surface area (Å²) in [5.41, 5.74) is 2.28. The summed E-state index contributed by atoms with van der Waals surface area (Å²) in [4.78, 5) is 0. The average Bonchev–Trinajstić information content (AvgIpc) is 2.80. The first-order chi connectivity index (χ1) is 15.5. The Bertz CT molecular complexity index is 1060. The molecule has 170 valence electrons. The van der Waals surface area contributed by atoms with Crippen LogP contribution in [0.5, 0.6) is 0 Å². The minimum absolute atomic E-state index is 0.00355. The Kier molecular flexibility index (Phi) is 7.45. The minimum Gasteiger partial charge on any atom is -0.374 e. The number of hydrogen-bond acceptors (Lipinski definition) is 3. The van der Waals surface area contributed by atoms with Gasteiger partial charge >= 0.3 is 0 Å². The molecule has 1 heterocycles. The Balaban J connectivity index is 1.37. The second-order valence-electron chi connectivity index (χ2n) is 8.05. The zero-order valence-electron chi connectivity index (χ0n) is 18.1. The lowest BCUT2D eigenvalue weighted by molar-refractivity contribution is -0.227. The fourth-order valence-electron chi connectivity index (χ4n) is 4.02. The quantitative estimate of drug-likeness (QED) is 0.443. The molecule has 1 aliphatic heterocycles. The number of rotatable bonds is 8. The highest BCUT2D eigenvalue weighted by atomic mass is 19.2. The number of ether oxygens (including phenoxy) is 3. The van der Waals surface area contributed by atoms with Crippen LogP contribution in [0.4, 0.5) is 13.2 Å². The van der Waals surface area contributed by atoms with Crippen molar-refractivity contribution in [3.63, 3.8) is 0 Å². The van der Waals surface area contributed by atoms with Gasteiger partial charge in [0.2, 0.25) is 0 Å². The fourth-order valence-corrected chi connectivity index (χ4v) is 4.02. The molecule has 6 heteroatoms. The van der Waals surface area contributed by atoms with E-state index >= 15 is 4.39 Å². The fraction of sp³-hybridized carbons (Fsp3) is 0.385. The molecule has 0 unspecified atom stereocenters. The van der Waals surface area contributed by atoms with Gasteiger partial charge in [-0.2, -0.15) is 0 Å². The Morgan fingerprint density at radius 1 is 0.844 bits per heavy atom. The van der Waals surface area contributed by atoms with Crippen LogP contribution in [0.3, 0.4) is 0 Å². The molecule has 0 N–H and O–H groups in total. The van der Waals surface area contributed by atoms with Gasteiger partial charge in [-0.3, -0.25) is 0 Å². The summed E-state index contributed by atoms with van der Waals surface area (Å²) in [6.07, 6.45) is 2.07. The lowest BCUT2D eigenvalue weighted by atomic mass is 9.98. The van der Waals surface area contributed by atoms with Crippen molar-refractivity contribution in [1.29, 1.82) is 0 Å². The highest BCUT2D eigenvalue weighted by Gasteiger charge is 2.22. The van der Waals surface area contributed by atoms with Crippen molar-refractivity contribution >= 4 is 10.8 Å². The largest absolute Gasteiger partial charge is 0.374 e. The first-order valence-corrected chi connectivity index (χ1v) is 11.0. The van der Waals surface area contributed by atoms with Crippen molar-refractivity contribution in [3.05, 3.63) is 82.7 Å². The molecule has 0 spiro atoms. The highest BCUT2D eigenvalue weighted by Crippen LogP contribution is 2.25. The van der Waals surface area contributed by atoms with E-state index < -0.39 is 11.6 Å². The Morgan fingerprint density at radius 2 is 1.59 bits per heavy atom. The number of aryl methyl sites for hydroxylation is 3. The van der Waals surface area contributed by atoms with E-state index in [4.69, 9.17) is 14.2 Å². The van der Waals surface area contributed by atoms with E-state index in [0.717, 1.165) is 35.9 Å². The topological polar surface area (TPSA) is 27.7 Å². The van der Waals surface area contributed by atoms with E-state index in [0.29, 0.717) is 49.2 Å². The van der Waals surface area contributed by atoms with Crippen LogP contribution in [0.15, 0.2) is 48.5 Å². The summed E-state index contributed by atoms with van der Waals surface area (Å²) < 4.78 is 58.4. The van der Waals surface area contributed by atoms with Crippen LogP contribution in [-0.4, -0.2) is 32.2 Å². The number of benzene rings is 3. The van der Waals surface area contributed by atoms with Gasteiger partial charge in [0.1, 0.15) is 11.9 Å². The van der Waals surface area contributed by atoms with E-state index in [1.165, 1.54) is 6.07 Å². The molecule has 3 aromatic rings. The average molecular weight is 444 g/mol. The molecule has 0 radical (unpaired) electrons. The van der Waals surface area contributed by atoms with E-state index in [9.17, 15) is 8.78 Å². The second kappa shape index (κ2) is 10.5. The molecule has 32 heavy (non-hydrogen) atoms. The minimum atomic E-state index is -0.882. The van der Waals surface area contributed by atoms with E-state index in [-0.39, 0.29) is 18.2 Å².